The monoisotopic (exact) mass is 345 g/mol. The molecule has 0 aromatic heterocycles. The molecule has 0 radical (unpaired) electrons. The standard InChI is InChI=1S/C14H20BrNO4/c1-8(2)12(17)7-16-14(18)10-5-9(19-3)6-11(15)13(10)20-4/h5-6,8,12,17H,7H2,1-4H3,(H,16,18). The minimum Gasteiger partial charge on any atom is -0.497 e. The third-order valence-electron chi connectivity index (χ3n) is 2.94. The molecule has 1 aromatic rings. The summed E-state index contributed by atoms with van der Waals surface area (Å²) in [4.78, 5) is 12.2. The maximum atomic E-state index is 12.2. The van der Waals surface area contributed by atoms with Gasteiger partial charge in [-0.15, -0.1) is 0 Å². The number of carbonyl (C=O) groups is 1. The summed E-state index contributed by atoms with van der Waals surface area (Å²) in [5, 5.41) is 12.4. The maximum Gasteiger partial charge on any atom is 0.255 e. The fraction of sp³-hybridized carbons (Fsp3) is 0.500. The fourth-order valence-corrected chi connectivity index (χ4v) is 2.19. The van der Waals surface area contributed by atoms with Gasteiger partial charge in [-0.25, -0.2) is 0 Å². The Morgan fingerprint density at radius 3 is 2.50 bits per heavy atom. The van der Waals surface area contributed by atoms with Crippen molar-refractivity contribution in [2.45, 2.75) is 20.0 Å². The Morgan fingerprint density at radius 2 is 2.00 bits per heavy atom. The van der Waals surface area contributed by atoms with Crippen LogP contribution in [0.3, 0.4) is 0 Å². The van der Waals surface area contributed by atoms with Gasteiger partial charge < -0.3 is 19.9 Å². The highest BCUT2D eigenvalue weighted by atomic mass is 79.9. The highest BCUT2D eigenvalue weighted by Gasteiger charge is 2.18. The number of benzene rings is 1. The van der Waals surface area contributed by atoms with Crippen LogP contribution >= 0.6 is 15.9 Å². The molecular weight excluding hydrogens is 326 g/mol. The van der Waals surface area contributed by atoms with Crippen LogP contribution in [-0.4, -0.2) is 37.9 Å². The lowest BCUT2D eigenvalue weighted by molar-refractivity contribution is 0.0868. The zero-order valence-electron chi connectivity index (χ0n) is 12.1. The zero-order valence-corrected chi connectivity index (χ0v) is 13.7. The predicted molar refractivity (Wildman–Crippen MR) is 80.4 cm³/mol. The molecule has 112 valence electrons. The van der Waals surface area contributed by atoms with Crippen molar-refractivity contribution in [3.05, 3.63) is 22.2 Å². The number of hydrogen-bond donors (Lipinski definition) is 2. The first-order valence-electron chi connectivity index (χ1n) is 6.28. The lowest BCUT2D eigenvalue weighted by Crippen LogP contribution is -2.34. The van der Waals surface area contributed by atoms with E-state index < -0.39 is 6.10 Å². The first-order valence-corrected chi connectivity index (χ1v) is 7.07. The van der Waals surface area contributed by atoms with E-state index >= 15 is 0 Å². The van der Waals surface area contributed by atoms with Crippen LogP contribution in [0.5, 0.6) is 11.5 Å². The Kier molecular flexibility index (Phi) is 6.29. The lowest BCUT2D eigenvalue weighted by Gasteiger charge is -2.16. The molecule has 0 fully saturated rings. The summed E-state index contributed by atoms with van der Waals surface area (Å²) in [6.45, 7) is 3.97. The number of halogens is 1. The number of hydrogen-bond acceptors (Lipinski definition) is 4. The minimum atomic E-state index is -0.584. The van der Waals surface area contributed by atoms with E-state index in [2.05, 4.69) is 21.2 Å². The van der Waals surface area contributed by atoms with E-state index in [0.29, 0.717) is 21.5 Å². The quantitative estimate of drug-likeness (QED) is 0.829. The lowest BCUT2D eigenvalue weighted by atomic mass is 10.1. The van der Waals surface area contributed by atoms with Gasteiger partial charge in [-0.05, 0) is 34.0 Å². The summed E-state index contributed by atoms with van der Waals surface area (Å²) in [7, 11) is 3.02. The summed E-state index contributed by atoms with van der Waals surface area (Å²) in [6.07, 6.45) is -0.584. The number of methoxy groups -OCH3 is 2. The Morgan fingerprint density at radius 1 is 1.35 bits per heavy atom. The number of nitrogens with one attached hydrogen (secondary N) is 1. The van der Waals surface area contributed by atoms with Crippen molar-refractivity contribution >= 4 is 21.8 Å². The normalized spacial score (nSPS) is 12.2. The molecule has 0 aliphatic carbocycles. The molecule has 6 heteroatoms. The predicted octanol–water partition coefficient (Wildman–Crippen LogP) is 2.21. The molecule has 0 bridgehead atoms. The van der Waals surface area contributed by atoms with E-state index in [4.69, 9.17) is 9.47 Å². The second-order valence-electron chi connectivity index (χ2n) is 4.71. The number of carbonyl (C=O) groups excluding carboxylic acids is 1. The molecule has 2 N–H and O–H groups in total. The number of aliphatic hydroxyl groups excluding tert-OH is 1. The van der Waals surface area contributed by atoms with Crippen molar-refractivity contribution in [1.82, 2.24) is 5.32 Å². The van der Waals surface area contributed by atoms with Crippen LogP contribution in [-0.2, 0) is 0 Å². The van der Waals surface area contributed by atoms with E-state index in [1.165, 1.54) is 14.2 Å². The molecule has 1 aromatic carbocycles. The molecule has 1 unspecified atom stereocenters. The van der Waals surface area contributed by atoms with Gasteiger partial charge in [0.05, 0.1) is 30.4 Å². The van der Waals surface area contributed by atoms with Crippen LogP contribution in [0.4, 0.5) is 0 Å². The number of rotatable bonds is 6. The van der Waals surface area contributed by atoms with Gasteiger partial charge in [0.1, 0.15) is 11.5 Å². The number of amides is 1. The molecular formula is C14H20BrNO4. The Bertz CT molecular complexity index is 476. The summed E-state index contributed by atoms with van der Waals surface area (Å²) in [5.41, 5.74) is 0.356. The van der Waals surface area contributed by atoms with E-state index in [9.17, 15) is 9.90 Å². The molecule has 1 rings (SSSR count). The van der Waals surface area contributed by atoms with E-state index in [0.717, 1.165) is 0 Å². The first kappa shape index (κ1) is 16.8. The first-order chi connectivity index (χ1) is 9.40. The number of aliphatic hydroxyl groups is 1. The molecule has 0 spiro atoms. The summed E-state index contributed by atoms with van der Waals surface area (Å²) in [5.74, 6) is 0.741. The topological polar surface area (TPSA) is 67.8 Å². The summed E-state index contributed by atoms with van der Waals surface area (Å²) < 4.78 is 11.0. The van der Waals surface area contributed by atoms with Crippen LogP contribution in [0.25, 0.3) is 0 Å². The van der Waals surface area contributed by atoms with Gasteiger partial charge in [0, 0.05) is 6.54 Å². The van der Waals surface area contributed by atoms with E-state index in [1.807, 2.05) is 13.8 Å². The molecule has 20 heavy (non-hydrogen) atoms. The summed E-state index contributed by atoms with van der Waals surface area (Å²) >= 11 is 3.34. The average Bonchev–Trinajstić information content (AvgIpc) is 2.42. The Balaban J connectivity index is 2.94. The van der Waals surface area contributed by atoms with Gasteiger partial charge in [0.25, 0.3) is 5.91 Å². The molecule has 0 saturated heterocycles. The molecule has 1 amide bonds. The van der Waals surface area contributed by atoms with Gasteiger partial charge in [-0.2, -0.15) is 0 Å². The summed E-state index contributed by atoms with van der Waals surface area (Å²) in [6, 6.07) is 3.32. The van der Waals surface area contributed by atoms with Crippen LogP contribution in [0.1, 0.15) is 24.2 Å². The van der Waals surface area contributed by atoms with Gasteiger partial charge in [0.15, 0.2) is 0 Å². The van der Waals surface area contributed by atoms with E-state index in [-0.39, 0.29) is 18.4 Å². The molecule has 5 nitrogen and oxygen atoms in total. The van der Waals surface area contributed by atoms with Crippen molar-refractivity contribution in [2.24, 2.45) is 5.92 Å². The maximum absolute atomic E-state index is 12.2. The average molecular weight is 346 g/mol. The minimum absolute atomic E-state index is 0.0780. The third-order valence-corrected chi connectivity index (χ3v) is 3.53. The molecule has 0 heterocycles. The van der Waals surface area contributed by atoms with Crippen molar-refractivity contribution in [2.75, 3.05) is 20.8 Å². The molecule has 1 atom stereocenters. The van der Waals surface area contributed by atoms with Crippen molar-refractivity contribution < 1.29 is 19.4 Å². The highest BCUT2D eigenvalue weighted by Crippen LogP contribution is 2.33. The fourth-order valence-electron chi connectivity index (χ4n) is 1.59. The third kappa shape index (κ3) is 4.11. The van der Waals surface area contributed by atoms with Gasteiger partial charge in [0.2, 0.25) is 0 Å². The van der Waals surface area contributed by atoms with Crippen LogP contribution in [0.15, 0.2) is 16.6 Å². The Labute approximate surface area is 127 Å². The second kappa shape index (κ2) is 7.50. The highest BCUT2D eigenvalue weighted by molar-refractivity contribution is 9.10. The second-order valence-corrected chi connectivity index (χ2v) is 5.57. The van der Waals surface area contributed by atoms with Gasteiger partial charge >= 0.3 is 0 Å². The smallest absolute Gasteiger partial charge is 0.255 e. The largest absolute Gasteiger partial charge is 0.497 e. The molecule has 0 aliphatic heterocycles. The van der Waals surface area contributed by atoms with Crippen molar-refractivity contribution in [3.63, 3.8) is 0 Å². The van der Waals surface area contributed by atoms with E-state index in [1.54, 1.807) is 12.1 Å². The van der Waals surface area contributed by atoms with Crippen LogP contribution < -0.4 is 14.8 Å². The Hall–Kier alpha value is -1.27. The van der Waals surface area contributed by atoms with Crippen molar-refractivity contribution in [3.8, 4) is 11.5 Å². The van der Waals surface area contributed by atoms with Gasteiger partial charge in [-0.1, -0.05) is 13.8 Å². The number of ether oxygens (including phenoxy) is 2. The zero-order chi connectivity index (χ0) is 15.3. The molecule has 0 saturated carbocycles. The van der Waals surface area contributed by atoms with Crippen LogP contribution in [0, 0.1) is 5.92 Å². The van der Waals surface area contributed by atoms with Crippen LogP contribution in [0.2, 0.25) is 0 Å². The SMILES string of the molecule is COc1cc(Br)c(OC)c(C(=O)NCC(O)C(C)C)c1. The molecule has 0 aliphatic rings. The van der Waals surface area contributed by atoms with Gasteiger partial charge in [-0.3, -0.25) is 4.79 Å². The van der Waals surface area contributed by atoms with Crippen molar-refractivity contribution in [1.29, 1.82) is 0 Å².